The highest BCUT2D eigenvalue weighted by atomic mass is 16.5. The monoisotopic (exact) mass is 275 g/mol. The van der Waals surface area contributed by atoms with Crippen molar-refractivity contribution in [2.24, 2.45) is 0 Å². The van der Waals surface area contributed by atoms with Crippen LogP contribution in [0.5, 0.6) is 5.75 Å². The largest absolute Gasteiger partial charge is 0.493 e. The molecule has 0 saturated heterocycles. The SMILES string of the molecule is O=C(NC1CCCCCC1O)c1ccc2c(c1)CCO2. The van der Waals surface area contributed by atoms with Gasteiger partial charge in [-0.3, -0.25) is 4.79 Å². The van der Waals surface area contributed by atoms with Crippen molar-refractivity contribution in [2.45, 2.75) is 50.7 Å². The fraction of sp³-hybridized carbons (Fsp3) is 0.562. The van der Waals surface area contributed by atoms with E-state index in [1.807, 2.05) is 12.1 Å². The molecule has 4 nitrogen and oxygen atoms in total. The molecule has 0 aromatic heterocycles. The van der Waals surface area contributed by atoms with Gasteiger partial charge < -0.3 is 15.2 Å². The van der Waals surface area contributed by atoms with Crippen molar-refractivity contribution >= 4 is 5.91 Å². The molecule has 2 unspecified atom stereocenters. The summed E-state index contributed by atoms with van der Waals surface area (Å²) in [4.78, 5) is 12.3. The van der Waals surface area contributed by atoms with E-state index in [9.17, 15) is 9.90 Å². The molecule has 3 rings (SSSR count). The second-order valence-corrected chi connectivity index (χ2v) is 5.71. The van der Waals surface area contributed by atoms with E-state index in [1.165, 1.54) is 0 Å². The van der Waals surface area contributed by atoms with Gasteiger partial charge in [0, 0.05) is 12.0 Å². The molecule has 0 spiro atoms. The number of fused-ring (bicyclic) bond motifs is 1. The van der Waals surface area contributed by atoms with Crippen molar-refractivity contribution in [1.82, 2.24) is 5.32 Å². The minimum absolute atomic E-state index is 0.0920. The first-order valence-corrected chi connectivity index (χ1v) is 7.49. The number of aliphatic hydroxyl groups is 1. The first-order chi connectivity index (χ1) is 9.74. The van der Waals surface area contributed by atoms with Crippen molar-refractivity contribution in [1.29, 1.82) is 0 Å². The average molecular weight is 275 g/mol. The number of carbonyl (C=O) groups is 1. The normalized spacial score (nSPS) is 25.4. The second kappa shape index (κ2) is 5.83. The Morgan fingerprint density at radius 1 is 1.25 bits per heavy atom. The molecule has 2 aliphatic rings. The van der Waals surface area contributed by atoms with E-state index in [2.05, 4.69) is 5.32 Å². The molecule has 1 aliphatic carbocycles. The van der Waals surface area contributed by atoms with E-state index in [1.54, 1.807) is 6.07 Å². The lowest BCUT2D eigenvalue weighted by atomic mass is 10.0. The summed E-state index contributed by atoms with van der Waals surface area (Å²) >= 11 is 0. The van der Waals surface area contributed by atoms with Gasteiger partial charge in [0.25, 0.3) is 5.91 Å². The highest BCUT2D eigenvalue weighted by molar-refractivity contribution is 5.94. The quantitative estimate of drug-likeness (QED) is 0.812. The minimum atomic E-state index is -0.417. The van der Waals surface area contributed by atoms with Crippen LogP contribution in [0.15, 0.2) is 18.2 Å². The predicted molar refractivity (Wildman–Crippen MR) is 76.0 cm³/mol. The molecule has 1 heterocycles. The smallest absolute Gasteiger partial charge is 0.251 e. The van der Waals surface area contributed by atoms with Crippen LogP contribution in [0.3, 0.4) is 0 Å². The second-order valence-electron chi connectivity index (χ2n) is 5.71. The first-order valence-electron chi connectivity index (χ1n) is 7.49. The highest BCUT2D eigenvalue weighted by Gasteiger charge is 2.24. The van der Waals surface area contributed by atoms with E-state index in [0.717, 1.165) is 49.8 Å². The summed E-state index contributed by atoms with van der Waals surface area (Å²) in [6.45, 7) is 0.696. The van der Waals surface area contributed by atoms with Crippen molar-refractivity contribution < 1.29 is 14.6 Å². The molecular formula is C16H21NO3. The van der Waals surface area contributed by atoms with Gasteiger partial charge in [0.15, 0.2) is 0 Å². The molecule has 4 heteroatoms. The molecule has 1 aromatic carbocycles. The van der Waals surface area contributed by atoms with Gasteiger partial charge in [-0.2, -0.15) is 0 Å². The molecule has 1 amide bonds. The van der Waals surface area contributed by atoms with Gasteiger partial charge in [-0.25, -0.2) is 0 Å². The van der Waals surface area contributed by atoms with Gasteiger partial charge in [-0.05, 0) is 36.6 Å². The Kier molecular flexibility index (Phi) is 3.92. The number of nitrogens with one attached hydrogen (secondary N) is 1. The number of ether oxygens (including phenoxy) is 1. The molecule has 1 saturated carbocycles. The molecule has 1 aliphatic heterocycles. The number of hydrogen-bond acceptors (Lipinski definition) is 3. The summed E-state index contributed by atoms with van der Waals surface area (Å²) in [7, 11) is 0. The molecule has 108 valence electrons. The third kappa shape index (κ3) is 2.80. The van der Waals surface area contributed by atoms with Crippen LogP contribution in [0.1, 0.15) is 48.0 Å². The summed E-state index contributed by atoms with van der Waals surface area (Å²) < 4.78 is 5.45. The van der Waals surface area contributed by atoms with Crippen LogP contribution in [0.2, 0.25) is 0 Å². The zero-order chi connectivity index (χ0) is 13.9. The summed E-state index contributed by atoms with van der Waals surface area (Å²) in [5, 5.41) is 13.1. The van der Waals surface area contributed by atoms with Crippen molar-refractivity contribution in [3.05, 3.63) is 29.3 Å². The van der Waals surface area contributed by atoms with Crippen LogP contribution in [-0.2, 0) is 6.42 Å². The predicted octanol–water partition coefficient (Wildman–Crippen LogP) is 2.04. The van der Waals surface area contributed by atoms with E-state index in [0.29, 0.717) is 12.2 Å². The van der Waals surface area contributed by atoms with E-state index in [-0.39, 0.29) is 11.9 Å². The number of rotatable bonds is 2. The lowest BCUT2D eigenvalue weighted by Gasteiger charge is -2.21. The van der Waals surface area contributed by atoms with Crippen molar-refractivity contribution in [3.63, 3.8) is 0 Å². The molecule has 20 heavy (non-hydrogen) atoms. The first kappa shape index (κ1) is 13.4. The van der Waals surface area contributed by atoms with Crippen LogP contribution >= 0.6 is 0 Å². The Hall–Kier alpha value is -1.55. The summed E-state index contributed by atoms with van der Waals surface area (Å²) in [6, 6.07) is 5.44. The Bertz CT molecular complexity index is 500. The summed E-state index contributed by atoms with van der Waals surface area (Å²) in [5.74, 6) is 0.793. The lowest BCUT2D eigenvalue weighted by molar-refractivity contribution is 0.0818. The number of aliphatic hydroxyl groups excluding tert-OH is 1. The van der Waals surface area contributed by atoms with Gasteiger partial charge in [0.2, 0.25) is 0 Å². The molecule has 2 N–H and O–H groups in total. The maximum absolute atomic E-state index is 12.3. The third-order valence-electron chi connectivity index (χ3n) is 4.25. The van der Waals surface area contributed by atoms with Crippen LogP contribution < -0.4 is 10.1 Å². The Labute approximate surface area is 119 Å². The zero-order valence-corrected chi connectivity index (χ0v) is 11.6. The maximum Gasteiger partial charge on any atom is 0.251 e. The van der Waals surface area contributed by atoms with Gasteiger partial charge in [0.1, 0.15) is 5.75 Å². The van der Waals surface area contributed by atoms with Crippen molar-refractivity contribution in [3.8, 4) is 5.75 Å². The van der Waals surface area contributed by atoms with E-state index < -0.39 is 6.10 Å². The minimum Gasteiger partial charge on any atom is -0.493 e. The van der Waals surface area contributed by atoms with Gasteiger partial charge in [0.05, 0.1) is 18.8 Å². The van der Waals surface area contributed by atoms with Crippen molar-refractivity contribution in [2.75, 3.05) is 6.61 Å². The molecule has 0 bridgehead atoms. The number of amides is 1. The molecule has 2 atom stereocenters. The number of benzene rings is 1. The van der Waals surface area contributed by atoms with Crippen LogP contribution in [0.25, 0.3) is 0 Å². The Morgan fingerprint density at radius 3 is 3.00 bits per heavy atom. The Morgan fingerprint density at radius 2 is 2.10 bits per heavy atom. The Balaban J connectivity index is 1.69. The fourth-order valence-corrected chi connectivity index (χ4v) is 3.04. The number of carbonyl (C=O) groups excluding carboxylic acids is 1. The standard InChI is InChI=1S/C16H21NO3/c18-14-5-3-1-2-4-13(14)17-16(19)12-6-7-15-11(10-12)8-9-20-15/h6-7,10,13-14,18H,1-5,8-9H2,(H,17,19). The van der Waals surface area contributed by atoms with Crippen LogP contribution in [-0.4, -0.2) is 29.8 Å². The molecule has 1 aromatic rings. The average Bonchev–Trinajstić information content (AvgIpc) is 2.83. The zero-order valence-electron chi connectivity index (χ0n) is 11.6. The van der Waals surface area contributed by atoms with Gasteiger partial charge in [-0.1, -0.05) is 19.3 Å². The van der Waals surface area contributed by atoms with Crippen LogP contribution in [0, 0.1) is 0 Å². The molecule has 1 fully saturated rings. The van der Waals surface area contributed by atoms with Gasteiger partial charge in [-0.15, -0.1) is 0 Å². The lowest BCUT2D eigenvalue weighted by Crippen LogP contribution is -2.42. The van der Waals surface area contributed by atoms with E-state index in [4.69, 9.17) is 4.74 Å². The highest BCUT2D eigenvalue weighted by Crippen LogP contribution is 2.26. The third-order valence-corrected chi connectivity index (χ3v) is 4.25. The molecular weight excluding hydrogens is 254 g/mol. The maximum atomic E-state index is 12.3. The summed E-state index contributed by atoms with van der Waals surface area (Å²) in [5.41, 5.74) is 1.75. The van der Waals surface area contributed by atoms with E-state index >= 15 is 0 Å². The number of hydrogen-bond donors (Lipinski definition) is 2. The topological polar surface area (TPSA) is 58.6 Å². The molecule has 0 radical (unpaired) electrons. The summed E-state index contributed by atoms with van der Waals surface area (Å²) in [6.07, 6.45) is 5.34. The van der Waals surface area contributed by atoms with Gasteiger partial charge >= 0.3 is 0 Å². The fourth-order valence-electron chi connectivity index (χ4n) is 3.04. The van der Waals surface area contributed by atoms with Crippen LogP contribution in [0.4, 0.5) is 0 Å².